The molecule has 0 saturated carbocycles. The van der Waals surface area contributed by atoms with Gasteiger partial charge < -0.3 is 4.42 Å². The summed E-state index contributed by atoms with van der Waals surface area (Å²) < 4.78 is 58.4. The first kappa shape index (κ1) is 23.1. The SMILES string of the molecule is CCCCN(c1oc(CS(=O)(=O)c2ccccc2)c(C)c1-c1ccccc1)S(C)(=O)=O. The zero-order valence-corrected chi connectivity index (χ0v) is 19.5. The van der Waals surface area contributed by atoms with E-state index in [9.17, 15) is 16.8 Å². The third-order valence-corrected chi connectivity index (χ3v) is 7.84. The van der Waals surface area contributed by atoms with E-state index in [1.807, 2.05) is 37.3 Å². The van der Waals surface area contributed by atoms with E-state index < -0.39 is 19.9 Å². The molecule has 8 heteroatoms. The summed E-state index contributed by atoms with van der Waals surface area (Å²) in [4.78, 5) is 0.194. The molecule has 0 atom stereocenters. The van der Waals surface area contributed by atoms with Gasteiger partial charge in [0.05, 0.1) is 11.2 Å². The molecule has 0 spiro atoms. The van der Waals surface area contributed by atoms with E-state index in [0.29, 0.717) is 17.5 Å². The minimum Gasteiger partial charge on any atom is -0.442 e. The van der Waals surface area contributed by atoms with Gasteiger partial charge in [0.15, 0.2) is 9.84 Å². The number of furan rings is 1. The largest absolute Gasteiger partial charge is 0.442 e. The van der Waals surface area contributed by atoms with Crippen LogP contribution in [-0.2, 0) is 25.6 Å². The Morgan fingerprint density at radius 3 is 2.03 bits per heavy atom. The van der Waals surface area contributed by atoms with Crippen LogP contribution in [0.5, 0.6) is 0 Å². The molecule has 1 aromatic heterocycles. The van der Waals surface area contributed by atoms with Crippen LogP contribution in [0.4, 0.5) is 5.88 Å². The molecular weight excluding hydrogens is 434 g/mol. The summed E-state index contributed by atoms with van der Waals surface area (Å²) in [6.45, 7) is 4.00. The maximum Gasteiger partial charge on any atom is 0.234 e. The van der Waals surface area contributed by atoms with Crippen LogP contribution in [0.25, 0.3) is 11.1 Å². The first-order valence-corrected chi connectivity index (χ1v) is 13.6. The number of benzene rings is 2. The van der Waals surface area contributed by atoms with Crippen molar-refractivity contribution in [3.05, 3.63) is 72.0 Å². The van der Waals surface area contributed by atoms with Crippen molar-refractivity contribution in [1.82, 2.24) is 0 Å². The van der Waals surface area contributed by atoms with Gasteiger partial charge in [0.2, 0.25) is 15.9 Å². The second-order valence-electron chi connectivity index (χ2n) is 7.46. The molecular formula is C23H27NO5S2. The Balaban J connectivity index is 2.17. The molecule has 0 unspecified atom stereocenters. The minimum atomic E-state index is -3.66. The Morgan fingerprint density at radius 2 is 1.48 bits per heavy atom. The number of sulfonamides is 1. The van der Waals surface area contributed by atoms with Crippen molar-refractivity contribution in [2.45, 2.75) is 37.3 Å². The summed E-state index contributed by atoms with van der Waals surface area (Å²) in [5.74, 6) is 0.0504. The highest BCUT2D eigenvalue weighted by Crippen LogP contribution is 2.40. The smallest absolute Gasteiger partial charge is 0.234 e. The summed E-state index contributed by atoms with van der Waals surface area (Å²) in [5.41, 5.74) is 1.98. The first-order chi connectivity index (χ1) is 14.6. The van der Waals surface area contributed by atoms with Crippen LogP contribution in [0.2, 0.25) is 0 Å². The van der Waals surface area contributed by atoms with E-state index in [0.717, 1.165) is 18.2 Å². The fraction of sp³-hybridized carbons (Fsp3) is 0.304. The summed E-state index contributed by atoms with van der Waals surface area (Å²) in [5, 5.41) is 0. The molecule has 0 amide bonds. The monoisotopic (exact) mass is 461 g/mol. The predicted octanol–water partition coefficient (Wildman–Crippen LogP) is 4.80. The molecule has 0 N–H and O–H groups in total. The number of hydrogen-bond donors (Lipinski definition) is 0. The van der Waals surface area contributed by atoms with Crippen molar-refractivity contribution in [2.24, 2.45) is 0 Å². The number of nitrogens with zero attached hydrogens (tertiary/aromatic N) is 1. The lowest BCUT2D eigenvalue weighted by Crippen LogP contribution is -2.30. The van der Waals surface area contributed by atoms with Gasteiger partial charge in [-0.15, -0.1) is 0 Å². The highest BCUT2D eigenvalue weighted by atomic mass is 32.2. The van der Waals surface area contributed by atoms with E-state index in [2.05, 4.69) is 0 Å². The highest BCUT2D eigenvalue weighted by molar-refractivity contribution is 7.92. The molecule has 3 aromatic rings. The second kappa shape index (κ2) is 9.28. The molecule has 2 aromatic carbocycles. The maximum atomic E-state index is 13.0. The summed E-state index contributed by atoms with van der Waals surface area (Å²) in [6.07, 6.45) is 2.59. The van der Waals surface area contributed by atoms with Gasteiger partial charge in [0.1, 0.15) is 11.5 Å². The van der Waals surface area contributed by atoms with Crippen molar-refractivity contribution in [2.75, 3.05) is 17.1 Å². The molecule has 0 aliphatic heterocycles. The van der Waals surface area contributed by atoms with Crippen LogP contribution < -0.4 is 4.31 Å². The van der Waals surface area contributed by atoms with Gasteiger partial charge in [0.25, 0.3) is 0 Å². The van der Waals surface area contributed by atoms with Gasteiger partial charge >= 0.3 is 0 Å². The third-order valence-electron chi connectivity index (χ3n) is 5.05. The summed E-state index contributed by atoms with van der Waals surface area (Å²) in [6, 6.07) is 17.4. The number of hydrogen-bond acceptors (Lipinski definition) is 5. The number of anilines is 1. The van der Waals surface area contributed by atoms with Gasteiger partial charge in [-0.05, 0) is 31.0 Å². The first-order valence-electron chi connectivity index (χ1n) is 10.1. The molecule has 166 valence electrons. The molecule has 0 radical (unpaired) electrons. The lowest BCUT2D eigenvalue weighted by atomic mass is 10.0. The molecule has 31 heavy (non-hydrogen) atoms. The predicted molar refractivity (Wildman–Crippen MR) is 123 cm³/mol. The lowest BCUT2D eigenvalue weighted by molar-refractivity contribution is 0.514. The Kier molecular flexibility index (Phi) is 6.91. The summed E-state index contributed by atoms with van der Waals surface area (Å²) in [7, 11) is -7.29. The van der Waals surface area contributed by atoms with Crippen LogP contribution >= 0.6 is 0 Å². The topological polar surface area (TPSA) is 84.7 Å². The minimum absolute atomic E-state index is 0.165. The van der Waals surface area contributed by atoms with Crippen molar-refractivity contribution < 1.29 is 21.3 Å². The highest BCUT2D eigenvalue weighted by Gasteiger charge is 2.30. The quantitative estimate of drug-likeness (QED) is 0.457. The van der Waals surface area contributed by atoms with E-state index in [-0.39, 0.29) is 28.8 Å². The number of sulfone groups is 1. The molecule has 3 rings (SSSR count). The fourth-order valence-electron chi connectivity index (χ4n) is 3.41. The van der Waals surface area contributed by atoms with Gasteiger partial charge in [-0.2, -0.15) is 0 Å². The third kappa shape index (κ3) is 5.19. The lowest BCUT2D eigenvalue weighted by Gasteiger charge is -2.21. The van der Waals surface area contributed by atoms with Gasteiger partial charge in [-0.1, -0.05) is 61.9 Å². The fourth-order valence-corrected chi connectivity index (χ4v) is 5.66. The van der Waals surface area contributed by atoms with E-state index >= 15 is 0 Å². The molecule has 0 aliphatic rings. The Bertz CT molecular complexity index is 1230. The van der Waals surface area contributed by atoms with Crippen LogP contribution in [-0.4, -0.2) is 29.6 Å². The zero-order valence-electron chi connectivity index (χ0n) is 17.9. The summed E-state index contributed by atoms with van der Waals surface area (Å²) >= 11 is 0. The molecule has 0 fully saturated rings. The van der Waals surface area contributed by atoms with Gasteiger partial charge in [0, 0.05) is 17.7 Å². The van der Waals surface area contributed by atoms with Crippen LogP contribution in [0.1, 0.15) is 31.1 Å². The van der Waals surface area contributed by atoms with Crippen molar-refractivity contribution >= 4 is 25.7 Å². The second-order valence-corrected chi connectivity index (χ2v) is 11.4. The van der Waals surface area contributed by atoms with Crippen LogP contribution in [0.15, 0.2) is 70.0 Å². The van der Waals surface area contributed by atoms with E-state index in [1.54, 1.807) is 25.1 Å². The normalized spacial score (nSPS) is 12.1. The average molecular weight is 462 g/mol. The Morgan fingerprint density at radius 1 is 0.903 bits per heavy atom. The molecule has 0 saturated heterocycles. The van der Waals surface area contributed by atoms with Crippen molar-refractivity contribution in [3.63, 3.8) is 0 Å². The molecule has 0 bridgehead atoms. The van der Waals surface area contributed by atoms with Gasteiger partial charge in [-0.3, -0.25) is 0 Å². The Labute approximate surface area is 184 Å². The van der Waals surface area contributed by atoms with Gasteiger partial charge in [-0.25, -0.2) is 21.1 Å². The Hall–Kier alpha value is -2.58. The van der Waals surface area contributed by atoms with Crippen LogP contribution in [0.3, 0.4) is 0 Å². The molecule has 0 aliphatic carbocycles. The number of rotatable bonds is 9. The van der Waals surface area contributed by atoms with Crippen molar-refractivity contribution in [1.29, 1.82) is 0 Å². The standard InChI is InChI=1S/C23H27NO5S2/c1-4-5-16-24(30(3,25)26)23-22(19-12-8-6-9-13-19)18(2)21(29-23)17-31(27,28)20-14-10-7-11-15-20/h6-15H,4-5,16-17H2,1-3H3. The maximum absolute atomic E-state index is 13.0. The van der Waals surface area contributed by atoms with E-state index in [4.69, 9.17) is 4.42 Å². The number of unbranched alkanes of at least 4 members (excludes halogenated alkanes) is 1. The van der Waals surface area contributed by atoms with Crippen molar-refractivity contribution in [3.8, 4) is 11.1 Å². The average Bonchev–Trinajstić information content (AvgIpc) is 3.03. The van der Waals surface area contributed by atoms with Crippen LogP contribution in [0, 0.1) is 6.92 Å². The molecule has 1 heterocycles. The van der Waals surface area contributed by atoms with E-state index in [1.165, 1.54) is 16.4 Å². The zero-order chi connectivity index (χ0) is 22.6. The molecule has 6 nitrogen and oxygen atoms in total.